The van der Waals surface area contributed by atoms with Gasteiger partial charge in [-0.05, 0) is 0 Å². The van der Waals surface area contributed by atoms with Gasteiger partial charge in [0.15, 0.2) is 0 Å². The van der Waals surface area contributed by atoms with Crippen molar-refractivity contribution >= 4 is 67.1 Å². The van der Waals surface area contributed by atoms with E-state index in [4.69, 9.17) is 15.5 Å². The van der Waals surface area contributed by atoms with Crippen molar-refractivity contribution in [3.63, 3.8) is 0 Å². The van der Waals surface area contributed by atoms with E-state index in [-0.39, 0.29) is 0 Å². The minimum absolute atomic E-state index is 0.437. The molecule has 2 heterocycles. The molecule has 2 N–H and O–H groups in total. The summed E-state index contributed by atoms with van der Waals surface area (Å²) >= 11 is 4.46. The second-order valence-electron chi connectivity index (χ2n) is 6.72. The van der Waals surface area contributed by atoms with Gasteiger partial charge in [0.05, 0.1) is 0 Å². The van der Waals surface area contributed by atoms with E-state index in [9.17, 15) is 0 Å². The van der Waals surface area contributed by atoms with Gasteiger partial charge in [0.2, 0.25) is 0 Å². The average molecular weight is 570 g/mol. The Morgan fingerprint density at radius 2 is 2.21 bits per heavy atom. The summed E-state index contributed by atoms with van der Waals surface area (Å²) in [6.45, 7) is 0.915. The van der Waals surface area contributed by atoms with Gasteiger partial charge in [-0.2, -0.15) is 0 Å². The Kier molecular flexibility index (Phi) is 6.68. The predicted molar refractivity (Wildman–Crippen MR) is 122 cm³/mol. The first kappa shape index (κ1) is 20.3. The summed E-state index contributed by atoms with van der Waals surface area (Å²) in [5.74, 6) is 1.28. The van der Waals surface area contributed by atoms with Crippen molar-refractivity contribution in [1.82, 2.24) is 19.5 Å². The molecule has 0 saturated heterocycles. The maximum absolute atomic E-state index is 6.07. The van der Waals surface area contributed by atoms with E-state index < -0.39 is 0 Å². The van der Waals surface area contributed by atoms with Crippen LogP contribution in [0, 0.1) is 3.57 Å². The fourth-order valence-electron chi connectivity index (χ4n) is 3.07. The van der Waals surface area contributed by atoms with E-state index in [1.165, 1.54) is 30.8 Å². The Hall–Kier alpha value is -0.992. The number of nitrogens with zero attached hydrogens (tertiary/aromatic N) is 4. The van der Waals surface area contributed by atoms with Crippen molar-refractivity contribution in [2.75, 3.05) is 12.8 Å². The van der Waals surface area contributed by atoms with Crippen LogP contribution in [0.25, 0.3) is 11.2 Å². The molecule has 0 bridgehead atoms. The number of benzene rings is 1. The fourth-order valence-corrected chi connectivity index (χ4v) is 7.68. The van der Waals surface area contributed by atoms with Crippen LogP contribution in [-0.4, -0.2) is 42.4 Å². The van der Waals surface area contributed by atoms with Crippen molar-refractivity contribution in [1.29, 1.82) is 0 Å². The van der Waals surface area contributed by atoms with Crippen LogP contribution in [0.3, 0.4) is 0 Å². The van der Waals surface area contributed by atoms with E-state index in [0.717, 1.165) is 42.7 Å². The maximum atomic E-state index is 6.07. The molecule has 1 aromatic carbocycles. The van der Waals surface area contributed by atoms with Gasteiger partial charge in [0, 0.05) is 0 Å². The number of aromatic nitrogens is 4. The van der Waals surface area contributed by atoms with Gasteiger partial charge in [-0.25, -0.2) is 0 Å². The molecule has 0 amide bonds. The van der Waals surface area contributed by atoms with Crippen LogP contribution in [0.4, 0.5) is 5.82 Å². The molecule has 1 saturated carbocycles. The number of hydrogen-bond donors (Lipinski definition) is 1. The van der Waals surface area contributed by atoms with Gasteiger partial charge in [-0.3, -0.25) is 0 Å². The predicted octanol–water partition coefficient (Wildman–Crippen LogP) is 4.66. The van der Waals surface area contributed by atoms with Gasteiger partial charge in [-0.15, -0.1) is 0 Å². The number of imidazole rings is 1. The number of fused-ring (bicyclic) bond motifs is 1. The summed E-state index contributed by atoms with van der Waals surface area (Å²) in [4.78, 5) is 14.5. The van der Waals surface area contributed by atoms with E-state index >= 15 is 0 Å². The first-order valence-electron chi connectivity index (χ1n) is 9.30. The summed E-state index contributed by atoms with van der Waals surface area (Å²) in [6.07, 6.45) is 7.03. The first-order chi connectivity index (χ1) is 13.7. The zero-order valence-electron chi connectivity index (χ0n) is 15.6. The van der Waals surface area contributed by atoms with Crippen molar-refractivity contribution < 1.29 is 4.74 Å². The summed E-state index contributed by atoms with van der Waals surface area (Å²) in [5, 5.41) is 2.25. The molecule has 4 rings (SSSR count). The van der Waals surface area contributed by atoms with Crippen LogP contribution in [0.5, 0.6) is 5.75 Å². The van der Waals surface area contributed by atoms with Gasteiger partial charge in [0.1, 0.15) is 0 Å². The second kappa shape index (κ2) is 9.22. The van der Waals surface area contributed by atoms with Gasteiger partial charge in [-0.1, -0.05) is 0 Å². The topological polar surface area (TPSA) is 78.8 Å². The average Bonchev–Trinajstić information content (AvgIpc) is 3.01. The Labute approximate surface area is 189 Å². The Bertz CT molecular complexity index is 978. The minimum atomic E-state index is 0.437. The molecule has 1 aliphatic carbocycles. The third kappa shape index (κ3) is 4.44. The van der Waals surface area contributed by atoms with E-state index in [2.05, 4.69) is 43.2 Å². The standard InChI is InChI=1S/C19H22AsIN5OS/c1-27-13-6-7-14(21)15(10-13)28-19-25-16-17(22)23-11-24-18(16)26(19)9-3-8-20-12-4-2-5-12/h6-7,10-12H,2-5,8-9H2,1H3,(H2,22,23,24). The summed E-state index contributed by atoms with van der Waals surface area (Å²) < 4.78 is 9.80. The number of nitrogen functional groups attached to an aromatic ring is 1. The van der Waals surface area contributed by atoms with Gasteiger partial charge >= 0.3 is 190 Å². The second-order valence-corrected chi connectivity index (χ2v) is 12.1. The molecule has 0 aliphatic heterocycles. The Balaban J connectivity index is 1.59. The first-order valence-corrected chi connectivity index (χ1v) is 13.6. The van der Waals surface area contributed by atoms with Crippen molar-refractivity contribution in [2.24, 2.45) is 0 Å². The number of methoxy groups -OCH3 is 1. The molecule has 2 aromatic heterocycles. The molecule has 6 nitrogen and oxygen atoms in total. The van der Waals surface area contributed by atoms with Crippen LogP contribution in [0.1, 0.15) is 25.7 Å². The van der Waals surface area contributed by atoms with Crippen molar-refractivity contribution in [2.45, 2.75) is 52.2 Å². The van der Waals surface area contributed by atoms with Crippen LogP contribution < -0.4 is 10.5 Å². The summed E-state index contributed by atoms with van der Waals surface area (Å²) in [6, 6.07) is 6.08. The number of hydrogen-bond acceptors (Lipinski definition) is 6. The molecule has 1 fully saturated rings. The monoisotopic (exact) mass is 570 g/mol. The van der Waals surface area contributed by atoms with E-state index in [1.54, 1.807) is 18.9 Å². The molecule has 3 aromatic rings. The van der Waals surface area contributed by atoms with Crippen molar-refractivity contribution in [3.8, 4) is 5.75 Å². The van der Waals surface area contributed by atoms with Crippen LogP contribution in [-0.2, 0) is 6.54 Å². The normalized spacial score (nSPS) is 14.8. The molecule has 0 unspecified atom stereocenters. The molecule has 0 spiro atoms. The summed E-state index contributed by atoms with van der Waals surface area (Å²) in [7, 11) is 1.69. The number of ether oxygens (including phenoxy) is 1. The van der Waals surface area contributed by atoms with Crippen LogP contribution in [0.15, 0.2) is 34.6 Å². The molecular formula is C19H22AsIN5OS. The molecule has 1 radical (unpaired) electrons. The summed E-state index contributed by atoms with van der Waals surface area (Å²) in [5.41, 5.74) is 7.59. The van der Waals surface area contributed by atoms with E-state index in [1.807, 2.05) is 12.1 Å². The molecule has 9 heteroatoms. The van der Waals surface area contributed by atoms with Gasteiger partial charge in [0.25, 0.3) is 0 Å². The molecule has 28 heavy (non-hydrogen) atoms. The van der Waals surface area contributed by atoms with Crippen molar-refractivity contribution in [3.05, 3.63) is 28.1 Å². The molecule has 0 atom stereocenters. The Morgan fingerprint density at radius 1 is 1.36 bits per heavy atom. The van der Waals surface area contributed by atoms with Crippen LogP contribution in [0.2, 0.25) is 9.91 Å². The Morgan fingerprint density at radius 3 is 2.96 bits per heavy atom. The zero-order valence-corrected chi connectivity index (χ0v) is 20.5. The van der Waals surface area contributed by atoms with Gasteiger partial charge < -0.3 is 0 Å². The third-order valence-electron chi connectivity index (χ3n) is 4.87. The number of nitrogens with two attached hydrogens (primary N) is 1. The SMILES string of the molecule is COc1ccc(I)c(Sc2nc3c(N)ncnc3n2CCC[As]C2CCC2)c1. The van der Waals surface area contributed by atoms with Crippen LogP contribution >= 0.6 is 34.4 Å². The van der Waals surface area contributed by atoms with E-state index in [0.29, 0.717) is 27.1 Å². The molecule has 1 aliphatic rings. The number of anilines is 1. The third-order valence-corrected chi connectivity index (χ3v) is 10.6. The molecular weight excluding hydrogens is 548 g/mol. The number of rotatable bonds is 8. The quantitative estimate of drug-likeness (QED) is 0.241. The number of halogens is 1. The number of aryl methyl sites for hydroxylation is 1. The molecule has 147 valence electrons. The fraction of sp³-hybridized carbons (Fsp3) is 0.421. The zero-order chi connectivity index (χ0) is 19.5.